The van der Waals surface area contributed by atoms with Gasteiger partial charge in [-0.2, -0.15) is 0 Å². The van der Waals surface area contributed by atoms with Gasteiger partial charge in [-0.25, -0.2) is 0 Å². The van der Waals surface area contributed by atoms with Crippen LogP contribution in [-0.4, -0.2) is 17.6 Å². The molecule has 0 saturated heterocycles. The molecule has 1 aromatic rings. The molecule has 18 heavy (non-hydrogen) atoms. The third kappa shape index (κ3) is 4.60. The van der Waals surface area contributed by atoms with Gasteiger partial charge in [-0.1, -0.05) is 24.8 Å². The van der Waals surface area contributed by atoms with Crippen LogP contribution < -0.4 is 5.32 Å². The highest BCUT2D eigenvalue weighted by molar-refractivity contribution is 5.91. The summed E-state index contributed by atoms with van der Waals surface area (Å²) in [5.74, 6) is 5.85. The van der Waals surface area contributed by atoms with Gasteiger partial charge in [0.15, 0.2) is 0 Å². The van der Waals surface area contributed by atoms with Crippen molar-refractivity contribution in [2.24, 2.45) is 0 Å². The smallest absolute Gasteiger partial charge is 0.224 e. The lowest BCUT2D eigenvalue weighted by Crippen LogP contribution is -2.11. The van der Waals surface area contributed by atoms with Gasteiger partial charge in [0.2, 0.25) is 5.91 Å². The molecule has 0 aliphatic carbocycles. The molecule has 0 radical (unpaired) electrons. The van der Waals surface area contributed by atoms with Crippen molar-refractivity contribution in [3.63, 3.8) is 0 Å². The first-order valence-corrected chi connectivity index (χ1v) is 6.17. The molecule has 0 heterocycles. The zero-order valence-corrected chi connectivity index (χ0v) is 10.9. The molecular weight excluding hydrogens is 226 g/mol. The van der Waals surface area contributed by atoms with Gasteiger partial charge >= 0.3 is 0 Å². The first-order valence-electron chi connectivity index (χ1n) is 6.17. The molecular formula is C15H19NO2. The van der Waals surface area contributed by atoms with Crippen LogP contribution in [0.1, 0.15) is 37.3 Å². The van der Waals surface area contributed by atoms with Gasteiger partial charge in [0.25, 0.3) is 0 Å². The van der Waals surface area contributed by atoms with Crippen molar-refractivity contribution >= 4 is 11.6 Å². The van der Waals surface area contributed by atoms with Crippen LogP contribution >= 0.6 is 0 Å². The number of nitrogens with one attached hydrogen (secondary N) is 1. The molecule has 1 amide bonds. The van der Waals surface area contributed by atoms with Crippen molar-refractivity contribution in [2.45, 2.75) is 33.1 Å². The van der Waals surface area contributed by atoms with Crippen molar-refractivity contribution in [1.82, 2.24) is 0 Å². The summed E-state index contributed by atoms with van der Waals surface area (Å²) in [5, 5.41) is 11.5. The Bertz CT molecular complexity index is 469. The lowest BCUT2D eigenvalue weighted by molar-refractivity contribution is -0.116. The van der Waals surface area contributed by atoms with Gasteiger partial charge in [-0.3, -0.25) is 4.79 Å². The summed E-state index contributed by atoms with van der Waals surface area (Å²) in [7, 11) is 0. The normalized spacial score (nSPS) is 9.50. The van der Waals surface area contributed by atoms with Crippen LogP contribution in [-0.2, 0) is 4.79 Å². The maximum Gasteiger partial charge on any atom is 0.224 e. The molecule has 0 saturated carbocycles. The Morgan fingerprint density at radius 3 is 2.89 bits per heavy atom. The Kier molecular flexibility index (Phi) is 5.96. The first-order chi connectivity index (χ1) is 8.67. The molecule has 2 N–H and O–H groups in total. The number of hydrogen-bond acceptors (Lipinski definition) is 2. The third-order valence-corrected chi connectivity index (χ3v) is 2.46. The Morgan fingerprint density at radius 1 is 1.44 bits per heavy atom. The Balaban J connectivity index is 2.82. The SMILES string of the molecule is CCCC(=O)Nc1cc(C#CCCO)ccc1C. The van der Waals surface area contributed by atoms with Crippen LogP contribution in [0, 0.1) is 18.8 Å². The molecule has 0 atom stereocenters. The van der Waals surface area contributed by atoms with Crippen molar-refractivity contribution < 1.29 is 9.90 Å². The van der Waals surface area contributed by atoms with Crippen LogP contribution in [0.15, 0.2) is 18.2 Å². The van der Waals surface area contributed by atoms with E-state index in [2.05, 4.69) is 17.2 Å². The lowest BCUT2D eigenvalue weighted by Gasteiger charge is -2.08. The van der Waals surface area contributed by atoms with Crippen LogP contribution in [0.25, 0.3) is 0 Å². The lowest BCUT2D eigenvalue weighted by atomic mass is 10.1. The fourth-order valence-corrected chi connectivity index (χ4v) is 1.49. The monoisotopic (exact) mass is 245 g/mol. The van der Waals surface area contributed by atoms with E-state index in [0.717, 1.165) is 23.2 Å². The van der Waals surface area contributed by atoms with E-state index in [0.29, 0.717) is 12.8 Å². The quantitative estimate of drug-likeness (QED) is 0.801. The minimum absolute atomic E-state index is 0.0288. The van der Waals surface area contributed by atoms with Gasteiger partial charge in [0, 0.05) is 24.1 Å². The highest BCUT2D eigenvalue weighted by Gasteiger charge is 2.04. The number of amides is 1. The van der Waals surface area contributed by atoms with Crippen molar-refractivity contribution in [3.8, 4) is 11.8 Å². The highest BCUT2D eigenvalue weighted by atomic mass is 16.2. The standard InChI is InChI=1S/C15H19NO2/c1-3-6-15(18)16-14-11-13(7-4-5-10-17)9-8-12(14)2/h8-9,11,17H,3,5-6,10H2,1-2H3,(H,16,18). The highest BCUT2D eigenvalue weighted by Crippen LogP contribution is 2.16. The summed E-state index contributed by atoms with van der Waals surface area (Å²) >= 11 is 0. The number of anilines is 1. The molecule has 0 bridgehead atoms. The van der Waals surface area contributed by atoms with Crippen molar-refractivity contribution in [2.75, 3.05) is 11.9 Å². The van der Waals surface area contributed by atoms with E-state index in [4.69, 9.17) is 5.11 Å². The molecule has 0 spiro atoms. The molecule has 0 fully saturated rings. The topological polar surface area (TPSA) is 49.3 Å². The maximum absolute atomic E-state index is 11.6. The van der Waals surface area contributed by atoms with Crippen LogP contribution in [0.2, 0.25) is 0 Å². The second-order valence-corrected chi connectivity index (χ2v) is 4.10. The second-order valence-electron chi connectivity index (χ2n) is 4.10. The molecule has 1 rings (SSSR count). The number of carbonyl (C=O) groups is 1. The van der Waals surface area contributed by atoms with Crippen molar-refractivity contribution in [1.29, 1.82) is 0 Å². The zero-order valence-electron chi connectivity index (χ0n) is 10.9. The summed E-state index contributed by atoms with van der Waals surface area (Å²) in [6.45, 7) is 3.99. The average Bonchev–Trinajstić information content (AvgIpc) is 2.34. The van der Waals surface area contributed by atoms with Gasteiger partial charge < -0.3 is 10.4 Å². The van der Waals surface area contributed by atoms with Crippen LogP contribution in [0.5, 0.6) is 0 Å². The summed E-state index contributed by atoms with van der Waals surface area (Å²) < 4.78 is 0. The molecule has 3 nitrogen and oxygen atoms in total. The van der Waals surface area contributed by atoms with E-state index in [1.807, 2.05) is 32.0 Å². The largest absolute Gasteiger partial charge is 0.395 e. The summed E-state index contributed by atoms with van der Waals surface area (Å²) in [4.78, 5) is 11.6. The summed E-state index contributed by atoms with van der Waals surface area (Å²) in [6, 6.07) is 5.72. The molecule has 1 aromatic carbocycles. The van der Waals surface area contributed by atoms with E-state index < -0.39 is 0 Å². The summed E-state index contributed by atoms with van der Waals surface area (Å²) in [6.07, 6.45) is 1.83. The number of aliphatic hydroxyl groups excluding tert-OH is 1. The number of aliphatic hydroxyl groups is 1. The first kappa shape index (κ1) is 14.3. The summed E-state index contributed by atoms with van der Waals surface area (Å²) in [5.41, 5.74) is 2.68. The van der Waals surface area contributed by atoms with Crippen LogP contribution in [0.4, 0.5) is 5.69 Å². The number of hydrogen-bond donors (Lipinski definition) is 2. The minimum Gasteiger partial charge on any atom is -0.395 e. The fraction of sp³-hybridized carbons (Fsp3) is 0.400. The van der Waals surface area contributed by atoms with E-state index in [9.17, 15) is 4.79 Å². The van der Waals surface area contributed by atoms with Crippen molar-refractivity contribution in [3.05, 3.63) is 29.3 Å². The number of aryl methyl sites for hydroxylation is 1. The predicted octanol–water partition coefficient (Wildman–Crippen LogP) is 2.47. The van der Waals surface area contributed by atoms with Gasteiger partial charge in [-0.15, -0.1) is 0 Å². The number of carbonyl (C=O) groups excluding carboxylic acids is 1. The number of benzene rings is 1. The fourth-order valence-electron chi connectivity index (χ4n) is 1.49. The molecule has 0 aliphatic rings. The van der Waals surface area contributed by atoms with E-state index in [1.165, 1.54) is 0 Å². The Labute approximate surface area is 108 Å². The number of rotatable bonds is 4. The molecule has 0 aliphatic heterocycles. The van der Waals surface area contributed by atoms with Crippen LogP contribution in [0.3, 0.4) is 0 Å². The predicted molar refractivity (Wildman–Crippen MR) is 73.3 cm³/mol. The second kappa shape index (κ2) is 7.52. The minimum atomic E-state index is 0.0288. The molecule has 0 aromatic heterocycles. The molecule has 3 heteroatoms. The van der Waals surface area contributed by atoms with Gasteiger partial charge in [0.05, 0.1) is 6.61 Å². The molecule has 0 unspecified atom stereocenters. The van der Waals surface area contributed by atoms with Gasteiger partial charge in [-0.05, 0) is 31.0 Å². The maximum atomic E-state index is 11.6. The molecule has 96 valence electrons. The van der Waals surface area contributed by atoms with E-state index in [-0.39, 0.29) is 12.5 Å². The Morgan fingerprint density at radius 2 is 2.22 bits per heavy atom. The van der Waals surface area contributed by atoms with E-state index >= 15 is 0 Å². The zero-order chi connectivity index (χ0) is 13.4. The van der Waals surface area contributed by atoms with Gasteiger partial charge in [0.1, 0.15) is 0 Å². The Hall–Kier alpha value is -1.79. The van der Waals surface area contributed by atoms with E-state index in [1.54, 1.807) is 0 Å². The third-order valence-electron chi connectivity index (χ3n) is 2.46. The average molecular weight is 245 g/mol.